The molecule has 0 bridgehead atoms. The molecule has 0 N–H and O–H groups in total. The fraction of sp³-hybridized carbons (Fsp3) is 0.692. The zero-order chi connectivity index (χ0) is 24.4. The monoisotopic (exact) mass is 473 g/mol. The van der Waals surface area contributed by atoms with Gasteiger partial charge < -0.3 is 28.9 Å². The van der Waals surface area contributed by atoms with Crippen LogP contribution in [0, 0.1) is 11.8 Å². The van der Waals surface area contributed by atoms with Crippen LogP contribution in [0.15, 0.2) is 12.1 Å². The van der Waals surface area contributed by atoms with E-state index in [1.807, 2.05) is 18.0 Å². The largest absolute Gasteiger partial charge is 0.493 e. The smallest absolute Gasteiger partial charge is 0.228 e. The summed E-state index contributed by atoms with van der Waals surface area (Å²) in [6.07, 6.45) is 6.33. The quantitative estimate of drug-likeness (QED) is 0.606. The highest BCUT2D eigenvalue weighted by atomic mass is 16.5. The number of hydrogen-bond acceptors (Lipinski definition) is 6. The number of piperidine rings is 2. The average Bonchev–Trinajstić information content (AvgIpc) is 3.16. The van der Waals surface area contributed by atoms with Crippen molar-refractivity contribution in [2.24, 2.45) is 11.8 Å². The van der Waals surface area contributed by atoms with E-state index in [0.717, 1.165) is 18.5 Å². The summed E-state index contributed by atoms with van der Waals surface area (Å²) < 4.78 is 16.7. The Labute approximate surface area is 203 Å². The number of amides is 2. The first kappa shape index (κ1) is 24.6. The maximum atomic E-state index is 13.8. The molecule has 3 aliphatic rings. The van der Waals surface area contributed by atoms with Crippen molar-refractivity contribution in [3.63, 3.8) is 0 Å². The molecule has 0 aromatic heterocycles. The SMILES string of the molecule is COc1ccc([C@@H]2[C@H](C(=O)N(C)C[C@@H]3CCCN4CCCC[C@H]34)CC(=O)N2C)c(OC)c1OC. The van der Waals surface area contributed by atoms with E-state index >= 15 is 0 Å². The van der Waals surface area contributed by atoms with E-state index in [1.54, 1.807) is 39.3 Å². The molecule has 1 aromatic carbocycles. The lowest BCUT2D eigenvalue weighted by molar-refractivity contribution is -0.136. The van der Waals surface area contributed by atoms with E-state index in [1.165, 1.54) is 38.8 Å². The third-order valence-corrected chi connectivity index (χ3v) is 8.07. The lowest BCUT2D eigenvalue weighted by Gasteiger charge is -2.45. The first-order valence-corrected chi connectivity index (χ1v) is 12.4. The van der Waals surface area contributed by atoms with E-state index in [4.69, 9.17) is 14.2 Å². The first-order chi connectivity index (χ1) is 16.4. The molecule has 188 valence electrons. The molecule has 4 atom stereocenters. The van der Waals surface area contributed by atoms with Gasteiger partial charge in [0.1, 0.15) is 0 Å². The van der Waals surface area contributed by atoms with Crippen LogP contribution in [0.25, 0.3) is 0 Å². The van der Waals surface area contributed by atoms with Gasteiger partial charge in [-0.3, -0.25) is 9.59 Å². The van der Waals surface area contributed by atoms with Gasteiger partial charge in [0.05, 0.1) is 33.3 Å². The predicted octanol–water partition coefficient (Wildman–Crippen LogP) is 2.95. The minimum Gasteiger partial charge on any atom is -0.493 e. The van der Waals surface area contributed by atoms with Crippen LogP contribution in [0.3, 0.4) is 0 Å². The van der Waals surface area contributed by atoms with Gasteiger partial charge in [-0.05, 0) is 56.8 Å². The number of ether oxygens (including phenoxy) is 3. The van der Waals surface area contributed by atoms with E-state index in [0.29, 0.717) is 29.2 Å². The van der Waals surface area contributed by atoms with Gasteiger partial charge in [0, 0.05) is 38.7 Å². The van der Waals surface area contributed by atoms with Crippen LogP contribution in [-0.2, 0) is 9.59 Å². The summed E-state index contributed by atoms with van der Waals surface area (Å²) >= 11 is 0. The van der Waals surface area contributed by atoms with E-state index in [-0.39, 0.29) is 18.2 Å². The Bertz CT molecular complexity index is 905. The summed E-state index contributed by atoms with van der Waals surface area (Å²) in [5.74, 6) is 1.52. The number of hydrogen-bond donors (Lipinski definition) is 0. The van der Waals surface area contributed by atoms with Gasteiger partial charge >= 0.3 is 0 Å². The molecule has 3 fully saturated rings. The zero-order valence-electron chi connectivity index (χ0n) is 21.2. The number of benzene rings is 1. The molecule has 2 amide bonds. The molecule has 3 heterocycles. The molecule has 34 heavy (non-hydrogen) atoms. The highest BCUT2D eigenvalue weighted by molar-refractivity contribution is 5.90. The van der Waals surface area contributed by atoms with Gasteiger partial charge in [-0.2, -0.15) is 0 Å². The molecular formula is C26H39N3O5. The Morgan fingerprint density at radius 2 is 1.76 bits per heavy atom. The number of likely N-dealkylation sites (tertiary alicyclic amines) is 1. The summed E-state index contributed by atoms with van der Waals surface area (Å²) in [6, 6.07) is 3.83. The molecule has 8 heteroatoms. The van der Waals surface area contributed by atoms with Gasteiger partial charge in [0.2, 0.25) is 17.6 Å². The van der Waals surface area contributed by atoms with Crippen LogP contribution in [0.1, 0.15) is 50.1 Å². The fourth-order valence-corrected chi connectivity index (χ4v) is 6.39. The van der Waals surface area contributed by atoms with Crippen LogP contribution < -0.4 is 14.2 Å². The van der Waals surface area contributed by atoms with Crippen LogP contribution in [-0.4, -0.2) is 87.6 Å². The normalized spacial score (nSPS) is 27.3. The van der Waals surface area contributed by atoms with Crippen molar-refractivity contribution in [3.8, 4) is 17.2 Å². The topological polar surface area (TPSA) is 71.6 Å². The summed E-state index contributed by atoms with van der Waals surface area (Å²) in [6.45, 7) is 3.11. The molecule has 0 spiro atoms. The molecule has 0 radical (unpaired) electrons. The highest BCUT2D eigenvalue weighted by Crippen LogP contribution is 2.48. The highest BCUT2D eigenvalue weighted by Gasteiger charge is 2.46. The third-order valence-electron chi connectivity index (χ3n) is 8.07. The second-order valence-electron chi connectivity index (χ2n) is 9.90. The van der Waals surface area contributed by atoms with Crippen molar-refractivity contribution in [1.82, 2.24) is 14.7 Å². The summed E-state index contributed by atoms with van der Waals surface area (Å²) in [5, 5.41) is 0. The van der Waals surface area contributed by atoms with Gasteiger partial charge in [0.15, 0.2) is 11.5 Å². The van der Waals surface area contributed by atoms with Crippen molar-refractivity contribution < 1.29 is 23.8 Å². The number of carbonyl (C=O) groups is 2. The molecule has 3 aliphatic heterocycles. The van der Waals surface area contributed by atoms with Crippen molar-refractivity contribution >= 4 is 11.8 Å². The lowest BCUT2D eigenvalue weighted by Crippen LogP contribution is -2.51. The molecule has 1 aromatic rings. The van der Waals surface area contributed by atoms with Gasteiger partial charge in [0.25, 0.3) is 0 Å². The number of fused-ring (bicyclic) bond motifs is 1. The summed E-state index contributed by atoms with van der Waals surface area (Å²) in [5.41, 5.74) is 0.761. The Balaban J connectivity index is 1.58. The minimum atomic E-state index is -0.472. The van der Waals surface area contributed by atoms with Gasteiger partial charge in [-0.1, -0.05) is 6.42 Å². The average molecular weight is 474 g/mol. The lowest BCUT2D eigenvalue weighted by atomic mass is 9.83. The molecule has 3 saturated heterocycles. The van der Waals surface area contributed by atoms with Crippen LogP contribution >= 0.6 is 0 Å². The maximum Gasteiger partial charge on any atom is 0.228 e. The molecule has 0 unspecified atom stereocenters. The Morgan fingerprint density at radius 1 is 1.03 bits per heavy atom. The first-order valence-electron chi connectivity index (χ1n) is 12.4. The second kappa shape index (κ2) is 10.4. The molecular weight excluding hydrogens is 434 g/mol. The number of carbonyl (C=O) groups excluding carboxylic acids is 2. The standard InChI is InChI=1S/C26H39N3O5/c1-27(16-17-9-8-14-29-13-7-6-10-20(17)29)26(31)19-15-22(30)28(2)23(19)18-11-12-21(32-3)25(34-5)24(18)33-4/h11-12,17,19-20,23H,6-10,13-16H2,1-5H3/t17-,19+,20+,23+/m0/s1. The summed E-state index contributed by atoms with van der Waals surface area (Å²) in [4.78, 5) is 32.7. The van der Waals surface area contributed by atoms with E-state index < -0.39 is 12.0 Å². The predicted molar refractivity (Wildman–Crippen MR) is 129 cm³/mol. The van der Waals surface area contributed by atoms with Crippen LogP contribution in [0.4, 0.5) is 0 Å². The number of methoxy groups -OCH3 is 3. The van der Waals surface area contributed by atoms with Crippen molar-refractivity contribution in [2.75, 3.05) is 55.1 Å². The maximum absolute atomic E-state index is 13.8. The second-order valence-corrected chi connectivity index (χ2v) is 9.90. The third kappa shape index (κ3) is 4.44. The Kier molecular flexibility index (Phi) is 7.55. The molecule has 4 rings (SSSR count). The van der Waals surface area contributed by atoms with Crippen LogP contribution in [0.2, 0.25) is 0 Å². The molecule has 0 saturated carbocycles. The van der Waals surface area contributed by atoms with Gasteiger partial charge in [-0.15, -0.1) is 0 Å². The summed E-state index contributed by atoms with van der Waals surface area (Å²) in [7, 11) is 8.36. The van der Waals surface area contributed by atoms with Crippen molar-refractivity contribution in [1.29, 1.82) is 0 Å². The number of nitrogens with zero attached hydrogens (tertiary/aromatic N) is 3. The van der Waals surface area contributed by atoms with Crippen molar-refractivity contribution in [3.05, 3.63) is 17.7 Å². The zero-order valence-corrected chi connectivity index (χ0v) is 21.2. The Hall–Kier alpha value is -2.48. The van der Waals surface area contributed by atoms with Crippen molar-refractivity contribution in [2.45, 2.75) is 50.6 Å². The molecule has 8 nitrogen and oxygen atoms in total. The molecule has 0 aliphatic carbocycles. The van der Waals surface area contributed by atoms with Gasteiger partial charge in [-0.25, -0.2) is 0 Å². The minimum absolute atomic E-state index is 0.0208. The van der Waals surface area contributed by atoms with E-state index in [2.05, 4.69) is 4.90 Å². The number of rotatable bonds is 7. The Morgan fingerprint density at radius 3 is 2.47 bits per heavy atom. The van der Waals surface area contributed by atoms with Crippen LogP contribution in [0.5, 0.6) is 17.2 Å². The fourth-order valence-electron chi connectivity index (χ4n) is 6.39. The van der Waals surface area contributed by atoms with E-state index in [9.17, 15) is 9.59 Å².